The van der Waals surface area contributed by atoms with Crippen molar-refractivity contribution in [3.8, 4) is 0 Å². The van der Waals surface area contributed by atoms with Gasteiger partial charge in [-0.15, -0.1) is 0 Å². The summed E-state index contributed by atoms with van der Waals surface area (Å²) in [5.41, 5.74) is -0.908. The molecule has 1 aromatic heterocycles. The maximum Gasteiger partial charge on any atom is 0.240 e. The van der Waals surface area contributed by atoms with Crippen LogP contribution >= 0.6 is 0 Å². The molecule has 3 rings (SSSR count). The summed E-state index contributed by atoms with van der Waals surface area (Å²) in [7, 11) is -3.80. The summed E-state index contributed by atoms with van der Waals surface area (Å²) in [6, 6.07) is 9.00. The van der Waals surface area contributed by atoms with E-state index in [2.05, 4.69) is 4.72 Å². The van der Waals surface area contributed by atoms with Crippen molar-refractivity contribution in [3.05, 3.63) is 54.0 Å². The molecule has 0 aliphatic heterocycles. The van der Waals surface area contributed by atoms with Crippen LogP contribution in [0.15, 0.2) is 52.0 Å². The van der Waals surface area contributed by atoms with Gasteiger partial charge in [-0.25, -0.2) is 13.1 Å². The average molecular weight is 349 g/mol. The zero-order chi connectivity index (χ0) is 17.4. The SMILES string of the molecule is CC(=O)c1ccc(S(=O)(=O)NCC(O)(c2ccco2)C2CC2)cc1. The predicted octanol–water partition coefficient (Wildman–Crippen LogP) is 2.06. The zero-order valence-electron chi connectivity index (χ0n) is 13.2. The lowest BCUT2D eigenvalue weighted by molar-refractivity contribution is -0.00224. The van der Waals surface area contributed by atoms with Gasteiger partial charge in [0.25, 0.3) is 0 Å². The molecule has 1 saturated carbocycles. The molecular weight excluding hydrogens is 330 g/mol. The minimum Gasteiger partial charge on any atom is -0.466 e. The maximum atomic E-state index is 12.4. The topological polar surface area (TPSA) is 96.6 Å². The van der Waals surface area contributed by atoms with Gasteiger partial charge in [0.1, 0.15) is 11.4 Å². The van der Waals surface area contributed by atoms with E-state index in [0.29, 0.717) is 11.3 Å². The largest absolute Gasteiger partial charge is 0.466 e. The Morgan fingerprint density at radius 1 is 1.29 bits per heavy atom. The van der Waals surface area contributed by atoms with Gasteiger partial charge < -0.3 is 9.52 Å². The van der Waals surface area contributed by atoms with E-state index in [1.54, 1.807) is 12.1 Å². The van der Waals surface area contributed by atoms with Gasteiger partial charge in [0.05, 0.1) is 11.2 Å². The fourth-order valence-electron chi connectivity index (χ4n) is 2.68. The lowest BCUT2D eigenvalue weighted by Crippen LogP contribution is -2.42. The molecule has 1 unspecified atom stereocenters. The third-order valence-electron chi connectivity index (χ3n) is 4.30. The van der Waals surface area contributed by atoms with E-state index in [1.807, 2.05) is 0 Å². The highest BCUT2D eigenvalue weighted by molar-refractivity contribution is 7.89. The number of sulfonamides is 1. The van der Waals surface area contributed by atoms with E-state index < -0.39 is 15.6 Å². The van der Waals surface area contributed by atoms with Crippen LogP contribution in [0.1, 0.15) is 35.9 Å². The number of aliphatic hydroxyl groups is 1. The van der Waals surface area contributed by atoms with Gasteiger partial charge in [-0.05, 0) is 49.9 Å². The standard InChI is InChI=1S/C17H19NO5S/c1-12(19)13-4-8-15(9-5-13)24(21,22)18-11-17(20,14-6-7-14)16-3-2-10-23-16/h2-5,8-10,14,18,20H,6-7,11H2,1H3. The van der Waals surface area contributed by atoms with E-state index in [9.17, 15) is 18.3 Å². The van der Waals surface area contributed by atoms with Crippen LogP contribution in [-0.4, -0.2) is 25.9 Å². The highest BCUT2D eigenvalue weighted by atomic mass is 32.2. The first-order valence-corrected chi connectivity index (χ1v) is 9.18. The molecule has 1 heterocycles. The van der Waals surface area contributed by atoms with Gasteiger partial charge in [0.2, 0.25) is 10.0 Å². The summed E-state index contributed by atoms with van der Waals surface area (Å²) in [5.74, 6) is 0.207. The molecule has 6 nitrogen and oxygen atoms in total. The number of Topliss-reactive ketones (excluding diaryl/α,β-unsaturated/α-hetero) is 1. The maximum absolute atomic E-state index is 12.4. The molecule has 2 N–H and O–H groups in total. The number of hydrogen-bond acceptors (Lipinski definition) is 5. The number of furan rings is 1. The number of benzene rings is 1. The summed E-state index contributed by atoms with van der Waals surface area (Å²) in [6.07, 6.45) is 3.11. The summed E-state index contributed by atoms with van der Waals surface area (Å²) < 4.78 is 32.6. The van der Waals surface area contributed by atoms with Crippen LogP contribution < -0.4 is 4.72 Å². The highest BCUT2D eigenvalue weighted by Gasteiger charge is 2.47. The fourth-order valence-corrected chi connectivity index (χ4v) is 3.75. The van der Waals surface area contributed by atoms with E-state index in [0.717, 1.165) is 12.8 Å². The first-order chi connectivity index (χ1) is 11.3. The van der Waals surface area contributed by atoms with Crippen LogP contribution in [0.5, 0.6) is 0 Å². The Bertz CT molecular complexity index is 822. The van der Waals surface area contributed by atoms with Gasteiger partial charge in [-0.2, -0.15) is 0 Å². The van der Waals surface area contributed by atoms with E-state index in [4.69, 9.17) is 4.42 Å². The van der Waals surface area contributed by atoms with E-state index in [1.165, 1.54) is 37.5 Å². The summed E-state index contributed by atoms with van der Waals surface area (Å²) >= 11 is 0. The van der Waals surface area contributed by atoms with Crippen molar-refractivity contribution in [1.82, 2.24) is 4.72 Å². The first-order valence-electron chi connectivity index (χ1n) is 7.70. The van der Waals surface area contributed by atoms with Gasteiger partial charge in [-0.1, -0.05) is 12.1 Å². The zero-order valence-corrected chi connectivity index (χ0v) is 14.0. The molecule has 1 aliphatic rings. The average Bonchev–Trinajstić information content (AvgIpc) is 3.28. The highest BCUT2D eigenvalue weighted by Crippen LogP contribution is 2.45. The molecule has 0 saturated heterocycles. The van der Waals surface area contributed by atoms with Crippen LogP contribution in [0.4, 0.5) is 0 Å². The number of nitrogens with one attached hydrogen (secondary N) is 1. The van der Waals surface area contributed by atoms with Crippen LogP contribution in [0.2, 0.25) is 0 Å². The summed E-state index contributed by atoms with van der Waals surface area (Å²) in [6.45, 7) is 1.25. The molecule has 0 radical (unpaired) electrons. The quantitative estimate of drug-likeness (QED) is 0.746. The van der Waals surface area contributed by atoms with Crippen molar-refractivity contribution >= 4 is 15.8 Å². The Balaban J connectivity index is 1.78. The number of carbonyl (C=O) groups is 1. The molecule has 1 aliphatic carbocycles. The molecule has 128 valence electrons. The Kier molecular flexibility index (Phi) is 4.33. The van der Waals surface area contributed by atoms with Crippen LogP contribution in [0, 0.1) is 5.92 Å². The number of ketones is 1. The van der Waals surface area contributed by atoms with E-state index >= 15 is 0 Å². The fraction of sp³-hybridized carbons (Fsp3) is 0.353. The number of rotatable bonds is 7. The van der Waals surface area contributed by atoms with Gasteiger partial charge in [-0.3, -0.25) is 4.79 Å². The van der Waals surface area contributed by atoms with Crippen molar-refractivity contribution in [2.45, 2.75) is 30.3 Å². The normalized spacial score (nSPS) is 17.4. The second-order valence-corrected chi connectivity index (χ2v) is 7.85. The van der Waals surface area contributed by atoms with Gasteiger partial charge >= 0.3 is 0 Å². The van der Waals surface area contributed by atoms with E-state index in [-0.39, 0.29) is 23.1 Å². The molecule has 1 atom stereocenters. The number of hydrogen-bond donors (Lipinski definition) is 2. The van der Waals surface area contributed by atoms with Crippen LogP contribution in [0.25, 0.3) is 0 Å². The van der Waals surface area contributed by atoms with Crippen molar-refractivity contribution in [2.75, 3.05) is 6.54 Å². The summed E-state index contributed by atoms with van der Waals surface area (Å²) in [5, 5.41) is 10.9. The third kappa shape index (κ3) is 3.28. The molecular formula is C17H19NO5S. The monoisotopic (exact) mass is 349 g/mol. The van der Waals surface area contributed by atoms with Crippen molar-refractivity contribution in [1.29, 1.82) is 0 Å². The molecule has 24 heavy (non-hydrogen) atoms. The smallest absolute Gasteiger partial charge is 0.240 e. The third-order valence-corrected chi connectivity index (χ3v) is 5.72. The predicted molar refractivity (Wildman–Crippen MR) is 87.0 cm³/mol. The minimum atomic E-state index is -3.80. The molecule has 2 aromatic rings. The van der Waals surface area contributed by atoms with Crippen molar-refractivity contribution in [2.24, 2.45) is 5.92 Å². The van der Waals surface area contributed by atoms with Crippen LogP contribution in [-0.2, 0) is 15.6 Å². The van der Waals surface area contributed by atoms with Crippen LogP contribution in [0.3, 0.4) is 0 Å². The second-order valence-electron chi connectivity index (χ2n) is 6.08. The Morgan fingerprint density at radius 2 is 1.96 bits per heavy atom. The lowest BCUT2D eigenvalue weighted by atomic mass is 9.95. The minimum absolute atomic E-state index is 0.0218. The Hall–Kier alpha value is -1.96. The molecule has 0 amide bonds. The first kappa shape index (κ1) is 16.9. The molecule has 7 heteroatoms. The van der Waals surface area contributed by atoms with Gasteiger partial charge in [0, 0.05) is 12.1 Å². The number of carbonyl (C=O) groups excluding carboxylic acids is 1. The lowest BCUT2D eigenvalue weighted by Gasteiger charge is -2.26. The van der Waals surface area contributed by atoms with Crippen molar-refractivity contribution in [3.63, 3.8) is 0 Å². The second kappa shape index (κ2) is 6.16. The van der Waals surface area contributed by atoms with Crippen molar-refractivity contribution < 1.29 is 22.7 Å². The molecule has 0 spiro atoms. The Morgan fingerprint density at radius 3 is 2.46 bits per heavy atom. The summed E-state index contributed by atoms with van der Waals surface area (Å²) in [4.78, 5) is 11.3. The molecule has 1 fully saturated rings. The Labute approximate surface area is 140 Å². The van der Waals surface area contributed by atoms with Gasteiger partial charge in [0.15, 0.2) is 5.78 Å². The molecule has 0 bridgehead atoms. The molecule has 1 aromatic carbocycles.